The van der Waals surface area contributed by atoms with Crippen LogP contribution < -0.4 is 0 Å². The number of benzene rings is 7. The van der Waals surface area contributed by atoms with Crippen molar-refractivity contribution in [3.05, 3.63) is 158 Å². The Morgan fingerprint density at radius 2 is 1.04 bits per heavy atom. The van der Waals surface area contributed by atoms with E-state index in [1.165, 1.54) is 43.4 Å². The van der Waals surface area contributed by atoms with Crippen LogP contribution in [0.2, 0.25) is 0 Å². The summed E-state index contributed by atoms with van der Waals surface area (Å²) in [6.45, 7) is 0. The van der Waals surface area contributed by atoms with E-state index in [2.05, 4.69) is 155 Å². The van der Waals surface area contributed by atoms with Crippen LogP contribution in [0.5, 0.6) is 0 Å². The monoisotopic (exact) mass is 586 g/mol. The molecule has 0 aliphatic carbocycles. The molecular formula is C42H26N4. The predicted octanol–water partition coefficient (Wildman–Crippen LogP) is 10.6. The molecule has 0 spiro atoms. The third kappa shape index (κ3) is 3.55. The molecule has 3 aromatic heterocycles. The van der Waals surface area contributed by atoms with Crippen LogP contribution in [0.15, 0.2) is 158 Å². The Bertz CT molecular complexity index is 2790. The maximum Gasteiger partial charge on any atom is 0.235 e. The maximum absolute atomic E-state index is 5.31. The van der Waals surface area contributed by atoms with Gasteiger partial charge in [-0.15, -0.1) is 0 Å². The zero-order valence-electron chi connectivity index (χ0n) is 24.8. The molecule has 0 unspecified atom stereocenters. The van der Waals surface area contributed by atoms with Crippen LogP contribution in [-0.4, -0.2) is 19.1 Å². The molecule has 0 N–H and O–H groups in total. The van der Waals surface area contributed by atoms with Crippen LogP contribution in [0.25, 0.3) is 88.2 Å². The molecular weight excluding hydrogens is 560 g/mol. The van der Waals surface area contributed by atoms with E-state index in [0.29, 0.717) is 5.95 Å². The van der Waals surface area contributed by atoms with Crippen molar-refractivity contribution in [1.29, 1.82) is 0 Å². The van der Waals surface area contributed by atoms with Gasteiger partial charge in [0, 0.05) is 38.2 Å². The van der Waals surface area contributed by atoms with E-state index < -0.39 is 0 Å². The summed E-state index contributed by atoms with van der Waals surface area (Å²) in [6, 6.07) is 55.9. The Morgan fingerprint density at radius 3 is 1.89 bits per heavy atom. The van der Waals surface area contributed by atoms with E-state index in [4.69, 9.17) is 9.97 Å². The molecule has 46 heavy (non-hydrogen) atoms. The maximum atomic E-state index is 5.31. The van der Waals surface area contributed by atoms with Gasteiger partial charge in [0.2, 0.25) is 5.95 Å². The molecule has 3 heterocycles. The molecule has 0 fully saturated rings. The van der Waals surface area contributed by atoms with Crippen LogP contribution in [-0.2, 0) is 0 Å². The zero-order valence-corrected chi connectivity index (χ0v) is 24.8. The van der Waals surface area contributed by atoms with Crippen molar-refractivity contribution in [2.24, 2.45) is 0 Å². The third-order valence-corrected chi connectivity index (χ3v) is 9.30. The quantitative estimate of drug-likeness (QED) is 0.206. The van der Waals surface area contributed by atoms with Gasteiger partial charge in [-0.2, -0.15) is 0 Å². The highest BCUT2D eigenvalue weighted by Gasteiger charge is 2.21. The van der Waals surface area contributed by atoms with Gasteiger partial charge < -0.3 is 4.57 Å². The number of hydrogen-bond donors (Lipinski definition) is 0. The zero-order chi connectivity index (χ0) is 30.2. The average molecular weight is 587 g/mol. The number of aromatic nitrogens is 4. The molecule has 0 radical (unpaired) electrons. The van der Waals surface area contributed by atoms with Crippen LogP contribution in [0.1, 0.15) is 0 Å². The van der Waals surface area contributed by atoms with Gasteiger partial charge in [-0.05, 0) is 53.2 Å². The van der Waals surface area contributed by atoms with Crippen LogP contribution in [0, 0.1) is 0 Å². The first kappa shape index (κ1) is 25.1. The van der Waals surface area contributed by atoms with Gasteiger partial charge in [0.15, 0.2) is 0 Å². The lowest BCUT2D eigenvalue weighted by atomic mass is 10.0. The summed E-state index contributed by atoms with van der Waals surface area (Å²) in [5.41, 5.74) is 8.61. The summed E-state index contributed by atoms with van der Waals surface area (Å²) in [5.74, 6) is 0.666. The first-order valence-electron chi connectivity index (χ1n) is 15.6. The van der Waals surface area contributed by atoms with E-state index in [1.54, 1.807) is 0 Å². The molecule has 0 amide bonds. The second kappa shape index (κ2) is 9.62. The summed E-state index contributed by atoms with van der Waals surface area (Å²) < 4.78 is 4.66. The van der Waals surface area contributed by atoms with E-state index in [1.807, 2.05) is 12.1 Å². The Morgan fingerprint density at radius 1 is 0.391 bits per heavy atom. The molecule has 0 atom stereocenters. The molecule has 0 aliphatic rings. The number of nitrogens with zero attached hydrogens (tertiary/aromatic N) is 4. The van der Waals surface area contributed by atoms with E-state index in [-0.39, 0.29) is 0 Å². The fraction of sp³-hybridized carbons (Fsp3) is 0. The van der Waals surface area contributed by atoms with Gasteiger partial charge in [0.25, 0.3) is 0 Å². The predicted molar refractivity (Wildman–Crippen MR) is 191 cm³/mol. The number of fused-ring (bicyclic) bond motifs is 9. The molecule has 4 nitrogen and oxygen atoms in total. The molecule has 214 valence electrons. The third-order valence-electron chi connectivity index (χ3n) is 9.30. The summed E-state index contributed by atoms with van der Waals surface area (Å²) >= 11 is 0. The highest BCUT2D eigenvalue weighted by molar-refractivity contribution is 6.25. The van der Waals surface area contributed by atoms with Gasteiger partial charge >= 0.3 is 0 Å². The van der Waals surface area contributed by atoms with Crippen molar-refractivity contribution in [3.8, 4) is 22.9 Å². The minimum absolute atomic E-state index is 0.666. The van der Waals surface area contributed by atoms with Crippen molar-refractivity contribution in [2.75, 3.05) is 0 Å². The molecule has 10 rings (SSSR count). The highest BCUT2D eigenvalue weighted by atomic mass is 15.2. The number of para-hydroxylation sites is 3. The van der Waals surface area contributed by atoms with Crippen molar-refractivity contribution in [2.45, 2.75) is 0 Å². The van der Waals surface area contributed by atoms with Gasteiger partial charge in [0.05, 0.1) is 33.3 Å². The van der Waals surface area contributed by atoms with Crippen LogP contribution in [0.4, 0.5) is 0 Å². The lowest BCUT2D eigenvalue weighted by Crippen LogP contribution is -2.03. The fourth-order valence-corrected chi connectivity index (χ4v) is 7.30. The Hall–Kier alpha value is -6.26. The molecule has 0 bridgehead atoms. The molecule has 7 aromatic carbocycles. The minimum Gasteiger partial charge on any atom is -0.309 e. The molecule has 0 saturated heterocycles. The lowest BCUT2D eigenvalue weighted by molar-refractivity contribution is 1.01. The normalized spacial score (nSPS) is 11.9. The Balaban J connectivity index is 1.38. The SMILES string of the molecule is c1ccc(-c2nc(-n3c4ccccc4c4cc5c(cc43)c3c4ccccc4ccc3n5-c3ccccc3)nc3ccccc23)cc1. The van der Waals surface area contributed by atoms with E-state index in [0.717, 1.165) is 38.9 Å². The fourth-order valence-electron chi connectivity index (χ4n) is 7.30. The molecule has 10 aromatic rings. The molecule has 4 heteroatoms. The second-order valence-corrected chi connectivity index (χ2v) is 11.8. The summed E-state index contributed by atoms with van der Waals surface area (Å²) in [6.07, 6.45) is 0. The average Bonchev–Trinajstić information content (AvgIpc) is 3.63. The first-order valence-corrected chi connectivity index (χ1v) is 15.6. The Kier molecular flexibility index (Phi) is 5.25. The van der Waals surface area contributed by atoms with Gasteiger partial charge in [-0.3, -0.25) is 4.57 Å². The van der Waals surface area contributed by atoms with Gasteiger partial charge in [-0.1, -0.05) is 115 Å². The van der Waals surface area contributed by atoms with Gasteiger partial charge in [0.1, 0.15) is 0 Å². The van der Waals surface area contributed by atoms with Crippen LogP contribution >= 0.6 is 0 Å². The van der Waals surface area contributed by atoms with Crippen molar-refractivity contribution >= 4 is 65.3 Å². The van der Waals surface area contributed by atoms with E-state index >= 15 is 0 Å². The van der Waals surface area contributed by atoms with E-state index in [9.17, 15) is 0 Å². The van der Waals surface area contributed by atoms with Crippen LogP contribution in [0.3, 0.4) is 0 Å². The standard InChI is InChI=1S/C42H26N4/c1-3-14-28(15-4-1)41-32-20-9-11-21-35(32)43-42(44-41)46-36-22-12-10-19-31(36)33-25-39-34(26-38(33)46)40-30-18-8-7-13-27(30)23-24-37(40)45(39)29-16-5-2-6-17-29/h1-26H. The molecule has 0 aliphatic heterocycles. The topological polar surface area (TPSA) is 35.6 Å². The van der Waals surface area contributed by atoms with Crippen molar-refractivity contribution in [1.82, 2.24) is 19.1 Å². The lowest BCUT2D eigenvalue weighted by Gasteiger charge is -2.12. The number of rotatable bonds is 3. The Labute approximate surface area is 264 Å². The summed E-state index contributed by atoms with van der Waals surface area (Å²) in [5, 5.41) is 8.31. The summed E-state index contributed by atoms with van der Waals surface area (Å²) in [7, 11) is 0. The highest BCUT2D eigenvalue weighted by Crippen LogP contribution is 2.42. The number of hydrogen-bond acceptors (Lipinski definition) is 2. The largest absolute Gasteiger partial charge is 0.309 e. The first-order chi connectivity index (χ1) is 22.8. The summed E-state index contributed by atoms with van der Waals surface area (Å²) in [4.78, 5) is 10.5. The minimum atomic E-state index is 0.666. The van der Waals surface area contributed by atoms with Crippen molar-refractivity contribution < 1.29 is 0 Å². The molecule has 0 saturated carbocycles. The van der Waals surface area contributed by atoms with Gasteiger partial charge in [-0.25, -0.2) is 9.97 Å². The smallest absolute Gasteiger partial charge is 0.235 e. The van der Waals surface area contributed by atoms with Crippen molar-refractivity contribution in [3.63, 3.8) is 0 Å². The second-order valence-electron chi connectivity index (χ2n) is 11.8.